The largest absolute Gasteiger partial charge is 0.483 e. The van der Waals surface area contributed by atoms with Gasteiger partial charge in [0, 0.05) is 11.3 Å². The zero-order valence-corrected chi connectivity index (χ0v) is 14.8. The number of benzene rings is 2. The SMILES string of the molecule is CCc1ccccc1NC(=O)C(=O)N/N=C\c1ccccc1OCC(N)=O. The van der Waals surface area contributed by atoms with Gasteiger partial charge in [-0.15, -0.1) is 0 Å². The molecule has 0 unspecified atom stereocenters. The van der Waals surface area contributed by atoms with Crippen LogP contribution in [0.2, 0.25) is 0 Å². The summed E-state index contributed by atoms with van der Waals surface area (Å²) in [4.78, 5) is 34.7. The minimum absolute atomic E-state index is 0.281. The summed E-state index contributed by atoms with van der Waals surface area (Å²) in [5, 5.41) is 6.31. The first-order valence-corrected chi connectivity index (χ1v) is 8.23. The molecule has 140 valence electrons. The molecule has 8 nitrogen and oxygen atoms in total. The summed E-state index contributed by atoms with van der Waals surface area (Å²) < 4.78 is 5.25. The van der Waals surface area contributed by atoms with E-state index in [-0.39, 0.29) is 6.61 Å². The van der Waals surface area contributed by atoms with Crippen molar-refractivity contribution in [2.24, 2.45) is 10.8 Å². The van der Waals surface area contributed by atoms with Gasteiger partial charge in [0.05, 0.1) is 6.21 Å². The van der Waals surface area contributed by atoms with E-state index < -0.39 is 17.7 Å². The Bertz CT molecular complexity index is 864. The molecular formula is C19H20N4O4. The van der Waals surface area contributed by atoms with Crippen molar-refractivity contribution < 1.29 is 19.1 Å². The Morgan fingerprint density at radius 2 is 1.78 bits per heavy atom. The fourth-order valence-corrected chi connectivity index (χ4v) is 2.21. The molecule has 0 radical (unpaired) electrons. The average Bonchev–Trinajstić information content (AvgIpc) is 2.67. The molecule has 0 spiro atoms. The predicted octanol–water partition coefficient (Wildman–Crippen LogP) is 1.20. The van der Waals surface area contributed by atoms with Crippen molar-refractivity contribution in [3.8, 4) is 5.75 Å². The number of hydrogen-bond donors (Lipinski definition) is 3. The maximum Gasteiger partial charge on any atom is 0.329 e. The van der Waals surface area contributed by atoms with Gasteiger partial charge < -0.3 is 15.8 Å². The third kappa shape index (κ3) is 5.96. The monoisotopic (exact) mass is 368 g/mol. The van der Waals surface area contributed by atoms with Crippen LogP contribution in [0.5, 0.6) is 5.75 Å². The summed E-state index contributed by atoms with van der Waals surface area (Å²) in [7, 11) is 0. The standard InChI is InChI=1S/C19H20N4O4/c1-2-13-7-3-5-9-15(13)22-18(25)19(26)23-21-11-14-8-4-6-10-16(14)27-12-17(20)24/h3-11H,2,12H2,1H3,(H2,20,24)(H,22,25)(H,23,26)/b21-11-. The van der Waals surface area contributed by atoms with Gasteiger partial charge in [0.2, 0.25) is 0 Å². The molecule has 3 amide bonds. The van der Waals surface area contributed by atoms with Crippen molar-refractivity contribution in [3.63, 3.8) is 0 Å². The lowest BCUT2D eigenvalue weighted by Gasteiger charge is -2.08. The molecule has 2 aromatic rings. The van der Waals surface area contributed by atoms with E-state index >= 15 is 0 Å². The number of ether oxygens (including phenoxy) is 1. The molecule has 8 heteroatoms. The molecule has 0 saturated carbocycles. The van der Waals surface area contributed by atoms with Gasteiger partial charge in [-0.2, -0.15) is 5.10 Å². The first-order chi connectivity index (χ1) is 13.0. The van der Waals surface area contributed by atoms with E-state index in [0.29, 0.717) is 17.0 Å². The molecule has 0 aliphatic heterocycles. The van der Waals surface area contributed by atoms with Gasteiger partial charge in [-0.3, -0.25) is 14.4 Å². The van der Waals surface area contributed by atoms with Crippen molar-refractivity contribution in [2.45, 2.75) is 13.3 Å². The third-order valence-electron chi connectivity index (χ3n) is 3.51. The lowest BCUT2D eigenvalue weighted by Crippen LogP contribution is -2.32. The van der Waals surface area contributed by atoms with E-state index in [2.05, 4.69) is 15.8 Å². The number of anilines is 1. The highest BCUT2D eigenvalue weighted by molar-refractivity contribution is 6.39. The Balaban J connectivity index is 1.97. The Morgan fingerprint density at radius 3 is 2.52 bits per heavy atom. The first kappa shape index (κ1) is 19.6. The van der Waals surface area contributed by atoms with Crippen molar-refractivity contribution in [3.05, 3.63) is 59.7 Å². The van der Waals surface area contributed by atoms with Crippen LogP contribution >= 0.6 is 0 Å². The molecular weight excluding hydrogens is 348 g/mol. The molecule has 0 saturated heterocycles. The van der Waals surface area contributed by atoms with Gasteiger partial charge in [0.1, 0.15) is 5.75 Å². The first-order valence-electron chi connectivity index (χ1n) is 8.23. The number of hydrazone groups is 1. The number of carbonyl (C=O) groups excluding carboxylic acids is 3. The van der Waals surface area contributed by atoms with Crippen molar-refractivity contribution in [1.29, 1.82) is 0 Å². The predicted molar refractivity (Wildman–Crippen MR) is 101 cm³/mol. The molecule has 4 N–H and O–H groups in total. The van der Waals surface area contributed by atoms with E-state index in [4.69, 9.17) is 10.5 Å². The van der Waals surface area contributed by atoms with Gasteiger partial charge >= 0.3 is 11.8 Å². The van der Waals surface area contributed by atoms with Crippen LogP contribution in [0, 0.1) is 0 Å². The number of amides is 3. The number of carbonyl (C=O) groups is 3. The highest BCUT2D eigenvalue weighted by Gasteiger charge is 2.14. The van der Waals surface area contributed by atoms with E-state index in [1.165, 1.54) is 6.21 Å². The Kier molecular flexibility index (Phi) is 7.07. The fraction of sp³-hybridized carbons (Fsp3) is 0.158. The van der Waals surface area contributed by atoms with Crippen molar-refractivity contribution in [1.82, 2.24) is 5.43 Å². The number of aryl methyl sites for hydroxylation is 1. The lowest BCUT2D eigenvalue weighted by molar-refractivity contribution is -0.136. The summed E-state index contributed by atoms with van der Waals surface area (Å²) in [6.07, 6.45) is 2.03. The van der Waals surface area contributed by atoms with Gasteiger partial charge in [-0.1, -0.05) is 37.3 Å². The smallest absolute Gasteiger partial charge is 0.329 e. The van der Waals surface area contributed by atoms with E-state index in [1.54, 1.807) is 36.4 Å². The maximum atomic E-state index is 12.0. The Labute approximate surface area is 156 Å². The van der Waals surface area contributed by atoms with Crippen molar-refractivity contribution >= 4 is 29.6 Å². The average molecular weight is 368 g/mol. The van der Waals surface area contributed by atoms with Gasteiger partial charge in [-0.25, -0.2) is 5.43 Å². The van der Waals surface area contributed by atoms with Crippen LogP contribution in [0.4, 0.5) is 5.69 Å². The highest BCUT2D eigenvalue weighted by Crippen LogP contribution is 2.16. The van der Waals surface area contributed by atoms with Gasteiger partial charge in [-0.05, 0) is 30.2 Å². The number of para-hydroxylation sites is 2. The molecule has 0 bridgehead atoms. The van der Waals surface area contributed by atoms with Crippen LogP contribution in [0.15, 0.2) is 53.6 Å². The van der Waals surface area contributed by atoms with E-state index in [9.17, 15) is 14.4 Å². The van der Waals surface area contributed by atoms with E-state index in [0.717, 1.165) is 12.0 Å². The van der Waals surface area contributed by atoms with E-state index in [1.807, 2.05) is 19.1 Å². The van der Waals surface area contributed by atoms with Crippen molar-refractivity contribution in [2.75, 3.05) is 11.9 Å². The summed E-state index contributed by atoms with van der Waals surface area (Å²) in [6, 6.07) is 14.0. The van der Waals surface area contributed by atoms with Crippen LogP contribution < -0.4 is 21.2 Å². The van der Waals surface area contributed by atoms with Crippen LogP contribution in [0.25, 0.3) is 0 Å². The topological polar surface area (TPSA) is 123 Å². The number of hydrogen-bond acceptors (Lipinski definition) is 5. The number of primary amides is 1. The molecule has 0 aromatic heterocycles. The second-order valence-electron chi connectivity index (χ2n) is 5.46. The molecule has 0 aliphatic carbocycles. The number of nitrogens with one attached hydrogen (secondary N) is 2. The number of nitrogens with zero attached hydrogens (tertiary/aromatic N) is 1. The molecule has 0 fully saturated rings. The lowest BCUT2D eigenvalue weighted by atomic mass is 10.1. The van der Waals surface area contributed by atoms with Crippen LogP contribution in [0.3, 0.4) is 0 Å². The molecule has 0 atom stereocenters. The minimum atomic E-state index is -0.910. The minimum Gasteiger partial charge on any atom is -0.483 e. The van der Waals surface area contributed by atoms with Crippen LogP contribution in [0.1, 0.15) is 18.1 Å². The highest BCUT2D eigenvalue weighted by atomic mass is 16.5. The quantitative estimate of drug-likeness (QED) is 0.386. The van der Waals surface area contributed by atoms with Crippen LogP contribution in [-0.2, 0) is 20.8 Å². The molecule has 2 rings (SSSR count). The summed E-state index contributed by atoms with van der Waals surface area (Å²) >= 11 is 0. The zero-order chi connectivity index (χ0) is 19.6. The number of nitrogens with two attached hydrogens (primary N) is 1. The summed E-state index contributed by atoms with van der Waals surface area (Å²) in [6.45, 7) is 1.67. The Hall–Kier alpha value is -3.68. The Morgan fingerprint density at radius 1 is 1.07 bits per heavy atom. The van der Waals surface area contributed by atoms with Gasteiger partial charge in [0.15, 0.2) is 6.61 Å². The fourth-order valence-electron chi connectivity index (χ4n) is 2.21. The normalized spacial score (nSPS) is 10.4. The maximum absolute atomic E-state index is 12.0. The molecule has 2 aromatic carbocycles. The second kappa shape index (κ2) is 9.71. The zero-order valence-electron chi connectivity index (χ0n) is 14.8. The molecule has 0 heterocycles. The second-order valence-corrected chi connectivity index (χ2v) is 5.46. The number of rotatable bonds is 7. The van der Waals surface area contributed by atoms with Gasteiger partial charge in [0.25, 0.3) is 5.91 Å². The third-order valence-corrected chi connectivity index (χ3v) is 3.51. The molecule has 0 aliphatic rings. The summed E-state index contributed by atoms with van der Waals surface area (Å²) in [5.41, 5.74) is 9.21. The van der Waals surface area contributed by atoms with Crippen LogP contribution in [-0.4, -0.2) is 30.5 Å². The summed E-state index contributed by atoms with van der Waals surface area (Å²) in [5.74, 6) is -1.98. The molecule has 27 heavy (non-hydrogen) atoms.